The van der Waals surface area contributed by atoms with Gasteiger partial charge in [0, 0.05) is 15.7 Å². The largest absolute Gasteiger partial charge is 0.326 e. The molecule has 4 heteroatoms. The Balaban J connectivity index is 1.86. The van der Waals surface area contributed by atoms with Crippen molar-refractivity contribution in [2.45, 2.75) is 13.5 Å². The number of anilines is 1. The summed E-state index contributed by atoms with van der Waals surface area (Å²) >= 11 is 3.42. The Hall–Kier alpha value is -1.65. The van der Waals surface area contributed by atoms with Crippen LogP contribution >= 0.6 is 15.9 Å². The van der Waals surface area contributed by atoms with E-state index in [-0.39, 0.29) is 5.91 Å². The maximum Gasteiger partial charge on any atom is 0.279 e. The normalized spacial score (nSPS) is 12.0. The zero-order chi connectivity index (χ0) is 15.2. The number of carbonyl (C=O) groups is 1. The van der Waals surface area contributed by atoms with Crippen LogP contribution in [0, 0.1) is 6.92 Å². The molecule has 1 amide bonds. The smallest absolute Gasteiger partial charge is 0.279 e. The highest BCUT2D eigenvalue weighted by Gasteiger charge is 2.10. The second-order valence-corrected chi connectivity index (χ2v) is 6.27. The first-order valence-electron chi connectivity index (χ1n) is 6.95. The van der Waals surface area contributed by atoms with Crippen LogP contribution in [0.15, 0.2) is 53.0 Å². The molecule has 2 aromatic carbocycles. The van der Waals surface area contributed by atoms with Crippen molar-refractivity contribution in [3.63, 3.8) is 0 Å². The third kappa shape index (κ3) is 5.33. The van der Waals surface area contributed by atoms with Gasteiger partial charge in [-0.3, -0.25) is 4.79 Å². The van der Waals surface area contributed by atoms with Crippen molar-refractivity contribution in [2.75, 3.05) is 18.9 Å². The van der Waals surface area contributed by atoms with Crippen molar-refractivity contribution in [3.8, 4) is 0 Å². The Kier molecular flexibility index (Phi) is 5.53. The van der Waals surface area contributed by atoms with Gasteiger partial charge in [0.15, 0.2) is 6.54 Å². The molecule has 110 valence electrons. The van der Waals surface area contributed by atoms with Gasteiger partial charge in [-0.1, -0.05) is 40.2 Å². The predicted molar refractivity (Wildman–Crippen MR) is 89.4 cm³/mol. The highest BCUT2D eigenvalue weighted by atomic mass is 79.9. The van der Waals surface area contributed by atoms with E-state index >= 15 is 0 Å². The first-order chi connectivity index (χ1) is 10.0. The van der Waals surface area contributed by atoms with Crippen molar-refractivity contribution in [2.24, 2.45) is 0 Å². The minimum atomic E-state index is 0.0372. The molecule has 0 aliphatic rings. The van der Waals surface area contributed by atoms with Crippen molar-refractivity contribution < 1.29 is 9.69 Å². The molecule has 0 radical (unpaired) electrons. The number of rotatable bonds is 5. The predicted octanol–water partition coefficient (Wildman–Crippen LogP) is 2.41. The molecule has 0 bridgehead atoms. The number of hydrogen-bond donors (Lipinski definition) is 2. The second kappa shape index (κ2) is 7.38. The number of hydrogen-bond acceptors (Lipinski definition) is 1. The number of aryl methyl sites for hydroxylation is 1. The van der Waals surface area contributed by atoms with Gasteiger partial charge in [-0.2, -0.15) is 0 Å². The third-order valence-electron chi connectivity index (χ3n) is 3.18. The summed E-state index contributed by atoms with van der Waals surface area (Å²) in [6.07, 6.45) is 0. The number of nitrogens with one attached hydrogen (secondary N) is 2. The van der Waals surface area contributed by atoms with Crippen LogP contribution in [0.4, 0.5) is 5.69 Å². The Morgan fingerprint density at radius 2 is 1.90 bits per heavy atom. The molecule has 0 heterocycles. The highest BCUT2D eigenvalue weighted by Crippen LogP contribution is 2.10. The summed E-state index contributed by atoms with van der Waals surface area (Å²) in [5.74, 6) is 0.0372. The van der Waals surface area contributed by atoms with Gasteiger partial charge >= 0.3 is 0 Å². The van der Waals surface area contributed by atoms with Gasteiger partial charge in [0.05, 0.1) is 7.05 Å². The average molecular weight is 348 g/mol. The summed E-state index contributed by atoms with van der Waals surface area (Å²) in [5.41, 5.74) is 3.22. The fourth-order valence-corrected chi connectivity index (χ4v) is 2.48. The minimum Gasteiger partial charge on any atom is -0.326 e. The lowest BCUT2D eigenvalue weighted by molar-refractivity contribution is -0.885. The molecule has 1 unspecified atom stereocenters. The van der Waals surface area contributed by atoms with E-state index in [0.717, 1.165) is 27.2 Å². The van der Waals surface area contributed by atoms with E-state index in [4.69, 9.17) is 0 Å². The maximum absolute atomic E-state index is 12.0. The van der Waals surface area contributed by atoms with Crippen LogP contribution in [0.2, 0.25) is 0 Å². The third-order valence-corrected chi connectivity index (χ3v) is 3.71. The van der Waals surface area contributed by atoms with E-state index in [1.165, 1.54) is 5.56 Å². The van der Waals surface area contributed by atoms with Crippen molar-refractivity contribution in [1.29, 1.82) is 0 Å². The lowest BCUT2D eigenvalue weighted by Crippen LogP contribution is -3.08. The summed E-state index contributed by atoms with van der Waals surface area (Å²) in [6, 6.07) is 16.0. The summed E-state index contributed by atoms with van der Waals surface area (Å²) in [5, 5.41) is 2.94. The molecule has 21 heavy (non-hydrogen) atoms. The van der Waals surface area contributed by atoms with E-state index in [2.05, 4.69) is 33.4 Å². The van der Waals surface area contributed by atoms with Gasteiger partial charge < -0.3 is 10.2 Å². The lowest BCUT2D eigenvalue weighted by atomic mass is 10.2. The topological polar surface area (TPSA) is 33.5 Å². The fraction of sp³-hybridized carbons (Fsp3) is 0.235. The van der Waals surface area contributed by atoms with Crippen LogP contribution < -0.4 is 10.2 Å². The molecule has 0 spiro atoms. The van der Waals surface area contributed by atoms with E-state index in [1.54, 1.807) is 0 Å². The zero-order valence-corrected chi connectivity index (χ0v) is 13.9. The van der Waals surface area contributed by atoms with Gasteiger partial charge in [0.1, 0.15) is 6.54 Å². The van der Waals surface area contributed by atoms with Crippen LogP contribution in [0.5, 0.6) is 0 Å². The van der Waals surface area contributed by atoms with Crippen LogP contribution in [0.3, 0.4) is 0 Å². The Morgan fingerprint density at radius 3 is 2.57 bits per heavy atom. The van der Waals surface area contributed by atoms with Crippen LogP contribution in [-0.4, -0.2) is 19.5 Å². The lowest BCUT2D eigenvalue weighted by Gasteiger charge is -2.14. The first kappa shape index (κ1) is 15.7. The van der Waals surface area contributed by atoms with Crippen molar-refractivity contribution >= 4 is 27.5 Å². The molecule has 3 nitrogen and oxygen atoms in total. The van der Waals surface area contributed by atoms with Crippen LogP contribution in [-0.2, 0) is 11.3 Å². The average Bonchev–Trinajstić information content (AvgIpc) is 2.41. The van der Waals surface area contributed by atoms with Crippen molar-refractivity contribution in [3.05, 3.63) is 64.1 Å². The molecule has 0 saturated carbocycles. The van der Waals surface area contributed by atoms with E-state index in [9.17, 15) is 4.79 Å². The zero-order valence-electron chi connectivity index (χ0n) is 12.3. The number of carbonyl (C=O) groups excluding carboxylic acids is 1. The number of amides is 1. The van der Waals surface area contributed by atoms with Gasteiger partial charge in [0.25, 0.3) is 5.91 Å². The molecule has 0 aliphatic carbocycles. The van der Waals surface area contributed by atoms with Crippen LogP contribution in [0.1, 0.15) is 11.1 Å². The minimum absolute atomic E-state index is 0.0372. The Bertz CT molecular complexity index is 610. The van der Waals surface area contributed by atoms with Crippen molar-refractivity contribution in [1.82, 2.24) is 0 Å². The SMILES string of the molecule is Cc1cccc(NC(=O)C[NH+](C)Cc2ccc(Br)cc2)c1. The number of benzene rings is 2. The summed E-state index contributed by atoms with van der Waals surface area (Å²) < 4.78 is 1.07. The Morgan fingerprint density at radius 1 is 1.19 bits per heavy atom. The van der Waals surface area contributed by atoms with Gasteiger partial charge in [-0.15, -0.1) is 0 Å². The maximum atomic E-state index is 12.0. The van der Waals surface area contributed by atoms with E-state index in [1.807, 2.05) is 50.4 Å². The number of likely N-dealkylation sites (N-methyl/N-ethyl adjacent to an activating group) is 1. The molecule has 0 fully saturated rings. The molecule has 0 saturated heterocycles. The van der Waals surface area contributed by atoms with Gasteiger partial charge in [-0.05, 0) is 36.8 Å². The summed E-state index contributed by atoms with van der Waals surface area (Å²) in [6.45, 7) is 3.29. The van der Waals surface area contributed by atoms with Gasteiger partial charge in [-0.25, -0.2) is 0 Å². The van der Waals surface area contributed by atoms with E-state index in [0.29, 0.717) is 6.54 Å². The first-order valence-corrected chi connectivity index (χ1v) is 7.74. The summed E-state index contributed by atoms with van der Waals surface area (Å²) in [4.78, 5) is 13.2. The second-order valence-electron chi connectivity index (χ2n) is 5.35. The highest BCUT2D eigenvalue weighted by molar-refractivity contribution is 9.10. The van der Waals surface area contributed by atoms with E-state index < -0.39 is 0 Å². The molecule has 0 aliphatic heterocycles. The molecule has 1 atom stereocenters. The van der Waals surface area contributed by atoms with Gasteiger partial charge in [0.2, 0.25) is 0 Å². The summed E-state index contributed by atoms with van der Waals surface area (Å²) in [7, 11) is 2.03. The fourth-order valence-electron chi connectivity index (χ4n) is 2.22. The molecular weight excluding hydrogens is 328 g/mol. The van der Waals surface area contributed by atoms with Crippen LogP contribution in [0.25, 0.3) is 0 Å². The monoisotopic (exact) mass is 347 g/mol. The number of halogens is 1. The molecule has 2 rings (SSSR count). The quantitative estimate of drug-likeness (QED) is 0.855. The standard InChI is InChI=1S/C17H19BrN2O/c1-13-4-3-5-16(10-13)19-17(21)12-20(2)11-14-6-8-15(18)9-7-14/h3-10H,11-12H2,1-2H3,(H,19,21)/p+1. The molecule has 0 aromatic heterocycles. The molecule has 2 aromatic rings. The Labute approximate surface area is 134 Å². The molecule has 2 N–H and O–H groups in total. The number of quaternary nitrogens is 1. The molecular formula is C17H20BrN2O+.